The quantitative estimate of drug-likeness (QED) is 0.832. The summed E-state index contributed by atoms with van der Waals surface area (Å²) in [7, 11) is 1.56. The Morgan fingerprint density at radius 3 is 2.44 bits per heavy atom. The van der Waals surface area contributed by atoms with Crippen molar-refractivity contribution in [3.05, 3.63) is 35.9 Å². The van der Waals surface area contributed by atoms with Gasteiger partial charge in [0.2, 0.25) is 11.8 Å². The van der Waals surface area contributed by atoms with Crippen LogP contribution >= 0.6 is 0 Å². The Morgan fingerprint density at radius 2 is 1.81 bits per heavy atom. The molecule has 0 aliphatic carbocycles. The molecule has 0 radical (unpaired) electrons. The number of aryl methyl sites for hydroxylation is 1. The molecule has 0 saturated carbocycles. The number of ether oxygens (including phenoxy) is 1. The molecule has 82 valence electrons. The van der Waals surface area contributed by atoms with Crippen molar-refractivity contribution in [1.82, 2.24) is 9.97 Å². The van der Waals surface area contributed by atoms with E-state index in [1.54, 1.807) is 13.2 Å². The van der Waals surface area contributed by atoms with Crippen LogP contribution in [0.5, 0.6) is 5.88 Å². The van der Waals surface area contributed by atoms with Gasteiger partial charge in [-0.15, -0.1) is 0 Å². The molecule has 2 aromatic rings. The Morgan fingerprint density at radius 1 is 1.12 bits per heavy atom. The Labute approximate surface area is 94.1 Å². The van der Waals surface area contributed by atoms with Gasteiger partial charge in [0.05, 0.1) is 12.8 Å². The lowest BCUT2D eigenvalue weighted by Crippen LogP contribution is -1.99. The van der Waals surface area contributed by atoms with E-state index in [1.165, 1.54) is 5.56 Å². The number of benzene rings is 1. The van der Waals surface area contributed by atoms with Crippen LogP contribution in [0.4, 0.5) is 5.95 Å². The van der Waals surface area contributed by atoms with Gasteiger partial charge in [-0.3, -0.25) is 0 Å². The van der Waals surface area contributed by atoms with E-state index in [9.17, 15) is 0 Å². The summed E-state index contributed by atoms with van der Waals surface area (Å²) in [5.74, 6) is 0.693. The normalized spacial score (nSPS) is 10.1. The van der Waals surface area contributed by atoms with E-state index in [-0.39, 0.29) is 5.95 Å². The van der Waals surface area contributed by atoms with Crippen LogP contribution in [0.1, 0.15) is 5.56 Å². The van der Waals surface area contributed by atoms with Gasteiger partial charge in [-0.05, 0) is 6.92 Å². The number of rotatable bonds is 2. The standard InChI is InChI=1S/C12H13N3O/c1-8-3-5-9(6-4-8)10-7-11(16-2)15-12(13)14-10/h3-7H,1-2H3,(H2,13,14,15). The van der Waals surface area contributed by atoms with Crippen molar-refractivity contribution >= 4 is 5.95 Å². The lowest BCUT2D eigenvalue weighted by atomic mass is 10.1. The Hall–Kier alpha value is -2.10. The summed E-state index contributed by atoms with van der Waals surface area (Å²) in [4.78, 5) is 8.11. The van der Waals surface area contributed by atoms with Gasteiger partial charge in [0.25, 0.3) is 0 Å². The van der Waals surface area contributed by atoms with Gasteiger partial charge in [0, 0.05) is 11.6 Å². The number of methoxy groups -OCH3 is 1. The molecule has 0 fully saturated rings. The zero-order valence-corrected chi connectivity index (χ0v) is 9.27. The van der Waals surface area contributed by atoms with Gasteiger partial charge >= 0.3 is 0 Å². The fourth-order valence-corrected chi connectivity index (χ4v) is 1.42. The summed E-state index contributed by atoms with van der Waals surface area (Å²) >= 11 is 0. The van der Waals surface area contributed by atoms with E-state index in [2.05, 4.69) is 9.97 Å². The van der Waals surface area contributed by atoms with Crippen LogP contribution < -0.4 is 10.5 Å². The first-order valence-corrected chi connectivity index (χ1v) is 4.94. The summed E-state index contributed by atoms with van der Waals surface area (Å²) in [6.07, 6.45) is 0. The van der Waals surface area contributed by atoms with Crippen LogP contribution in [0.15, 0.2) is 30.3 Å². The SMILES string of the molecule is COc1cc(-c2ccc(C)cc2)nc(N)n1. The Balaban J connectivity index is 2.47. The molecule has 1 aromatic carbocycles. The fourth-order valence-electron chi connectivity index (χ4n) is 1.42. The van der Waals surface area contributed by atoms with Gasteiger partial charge in [-0.25, -0.2) is 4.98 Å². The molecule has 0 spiro atoms. The highest BCUT2D eigenvalue weighted by Gasteiger charge is 2.04. The second-order valence-electron chi connectivity index (χ2n) is 3.52. The lowest BCUT2D eigenvalue weighted by Gasteiger charge is -2.05. The van der Waals surface area contributed by atoms with Crippen LogP contribution in [-0.2, 0) is 0 Å². The molecule has 0 aliphatic heterocycles. The second-order valence-corrected chi connectivity index (χ2v) is 3.52. The third-order valence-corrected chi connectivity index (χ3v) is 2.28. The van der Waals surface area contributed by atoms with Crippen LogP contribution in [0.25, 0.3) is 11.3 Å². The van der Waals surface area contributed by atoms with Crippen molar-refractivity contribution in [3.63, 3.8) is 0 Å². The zero-order chi connectivity index (χ0) is 11.5. The zero-order valence-electron chi connectivity index (χ0n) is 9.27. The average Bonchev–Trinajstić information content (AvgIpc) is 2.29. The minimum atomic E-state index is 0.218. The molecular weight excluding hydrogens is 202 g/mol. The minimum Gasteiger partial charge on any atom is -0.481 e. The lowest BCUT2D eigenvalue weighted by molar-refractivity contribution is 0.398. The molecule has 2 rings (SSSR count). The van der Waals surface area contributed by atoms with Crippen molar-refractivity contribution in [2.45, 2.75) is 6.92 Å². The number of nitrogens with zero attached hydrogens (tertiary/aromatic N) is 2. The predicted molar refractivity (Wildman–Crippen MR) is 63.2 cm³/mol. The minimum absolute atomic E-state index is 0.218. The van der Waals surface area contributed by atoms with Gasteiger partial charge in [0.15, 0.2) is 0 Å². The van der Waals surface area contributed by atoms with Crippen LogP contribution in [0.2, 0.25) is 0 Å². The smallest absolute Gasteiger partial charge is 0.223 e. The number of nitrogen functional groups attached to an aromatic ring is 1. The van der Waals surface area contributed by atoms with Gasteiger partial charge < -0.3 is 10.5 Å². The first-order valence-electron chi connectivity index (χ1n) is 4.94. The molecule has 4 heteroatoms. The largest absolute Gasteiger partial charge is 0.481 e. The molecule has 1 aromatic heterocycles. The number of nitrogens with two attached hydrogens (primary N) is 1. The maximum Gasteiger partial charge on any atom is 0.223 e. The highest BCUT2D eigenvalue weighted by atomic mass is 16.5. The predicted octanol–water partition coefficient (Wildman–Crippen LogP) is 2.04. The molecule has 16 heavy (non-hydrogen) atoms. The molecule has 0 amide bonds. The van der Waals surface area contributed by atoms with E-state index < -0.39 is 0 Å². The molecule has 0 unspecified atom stereocenters. The van der Waals surface area contributed by atoms with E-state index >= 15 is 0 Å². The molecule has 1 heterocycles. The molecule has 0 bridgehead atoms. The molecule has 2 N–H and O–H groups in total. The average molecular weight is 215 g/mol. The van der Waals surface area contributed by atoms with Crippen molar-refractivity contribution in [3.8, 4) is 17.1 Å². The van der Waals surface area contributed by atoms with Crippen molar-refractivity contribution in [1.29, 1.82) is 0 Å². The summed E-state index contributed by atoms with van der Waals surface area (Å²) < 4.78 is 5.05. The highest BCUT2D eigenvalue weighted by Crippen LogP contribution is 2.21. The van der Waals surface area contributed by atoms with E-state index in [1.807, 2.05) is 31.2 Å². The van der Waals surface area contributed by atoms with Crippen molar-refractivity contribution < 1.29 is 4.74 Å². The highest BCUT2D eigenvalue weighted by molar-refractivity contribution is 5.61. The van der Waals surface area contributed by atoms with Gasteiger partial charge in [-0.2, -0.15) is 4.98 Å². The fraction of sp³-hybridized carbons (Fsp3) is 0.167. The Kier molecular flexibility index (Phi) is 2.72. The van der Waals surface area contributed by atoms with Gasteiger partial charge in [-0.1, -0.05) is 29.8 Å². The topological polar surface area (TPSA) is 61.0 Å². The van der Waals surface area contributed by atoms with Gasteiger partial charge in [0.1, 0.15) is 0 Å². The molecule has 4 nitrogen and oxygen atoms in total. The summed E-state index contributed by atoms with van der Waals surface area (Å²) in [5.41, 5.74) is 8.57. The van der Waals surface area contributed by atoms with Crippen molar-refractivity contribution in [2.24, 2.45) is 0 Å². The number of anilines is 1. The first kappa shape index (κ1) is 10.4. The van der Waals surface area contributed by atoms with E-state index in [0.717, 1.165) is 11.3 Å². The number of hydrogen-bond acceptors (Lipinski definition) is 4. The number of aromatic nitrogens is 2. The van der Waals surface area contributed by atoms with Crippen LogP contribution in [0.3, 0.4) is 0 Å². The first-order chi connectivity index (χ1) is 7.69. The summed E-state index contributed by atoms with van der Waals surface area (Å²) in [6, 6.07) is 9.81. The second kappa shape index (κ2) is 4.18. The third kappa shape index (κ3) is 2.11. The van der Waals surface area contributed by atoms with E-state index in [4.69, 9.17) is 10.5 Å². The van der Waals surface area contributed by atoms with Crippen molar-refractivity contribution in [2.75, 3.05) is 12.8 Å². The molecule has 0 atom stereocenters. The monoisotopic (exact) mass is 215 g/mol. The maximum absolute atomic E-state index is 5.60. The summed E-state index contributed by atoms with van der Waals surface area (Å²) in [6.45, 7) is 2.04. The summed E-state index contributed by atoms with van der Waals surface area (Å²) in [5, 5.41) is 0. The Bertz CT molecular complexity index is 494. The molecular formula is C12H13N3O. The van der Waals surface area contributed by atoms with Crippen LogP contribution in [-0.4, -0.2) is 17.1 Å². The number of hydrogen-bond donors (Lipinski definition) is 1. The maximum atomic E-state index is 5.60. The van der Waals surface area contributed by atoms with E-state index in [0.29, 0.717) is 5.88 Å². The third-order valence-electron chi connectivity index (χ3n) is 2.28. The molecule has 0 aliphatic rings. The molecule has 0 saturated heterocycles. The van der Waals surface area contributed by atoms with Crippen LogP contribution in [0, 0.1) is 6.92 Å².